The Morgan fingerprint density at radius 3 is 3.11 bits per heavy atom. The largest absolute Gasteiger partial charge is 0.311 e. The molecule has 1 unspecified atom stereocenters. The van der Waals surface area contributed by atoms with E-state index in [4.69, 9.17) is 0 Å². The van der Waals surface area contributed by atoms with Gasteiger partial charge >= 0.3 is 0 Å². The van der Waals surface area contributed by atoms with Crippen LogP contribution in [0, 0.1) is 5.92 Å². The van der Waals surface area contributed by atoms with Crippen molar-refractivity contribution in [2.45, 2.75) is 46.2 Å². The first-order chi connectivity index (χ1) is 9.28. The molecule has 1 aliphatic heterocycles. The summed E-state index contributed by atoms with van der Waals surface area (Å²) in [5, 5.41) is 11.7. The number of aromatic nitrogens is 3. The number of hydrogen-bond acceptors (Lipinski definition) is 4. The summed E-state index contributed by atoms with van der Waals surface area (Å²) in [7, 11) is 0. The topological polar surface area (TPSA) is 46.0 Å². The van der Waals surface area contributed by atoms with E-state index < -0.39 is 0 Å². The van der Waals surface area contributed by atoms with Gasteiger partial charge in [-0.15, -0.1) is 5.10 Å². The standard InChI is InChI=1S/C14H27N5/c1-3-6-15-10-14-12-19(17-16-14)9-8-18-7-4-5-13(2)11-18/h12-13,15H,3-11H2,1-2H3. The maximum atomic E-state index is 4.20. The summed E-state index contributed by atoms with van der Waals surface area (Å²) in [6, 6.07) is 0. The van der Waals surface area contributed by atoms with Crippen molar-refractivity contribution in [3.8, 4) is 0 Å². The predicted molar refractivity (Wildman–Crippen MR) is 76.9 cm³/mol. The fraction of sp³-hybridized carbons (Fsp3) is 0.857. The molecule has 0 spiro atoms. The number of hydrogen-bond donors (Lipinski definition) is 1. The second kappa shape index (κ2) is 7.60. The Hall–Kier alpha value is -0.940. The molecular weight excluding hydrogens is 238 g/mol. The summed E-state index contributed by atoms with van der Waals surface area (Å²) >= 11 is 0. The minimum absolute atomic E-state index is 0.828. The van der Waals surface area contributed by atoms with E-state index in [1.807, 2.05) is 4.68 Å². The minimum Gasteiger partial charge on any atom is -0.311 e. The minimum atomic E-state index is 0.828. The Bertz CT molecular complexity index is 362. The van der Waals surface area contributed by atoms with E-state index in [-0.39, 0.29) is 0 Å². The maximum absolute atomic E-state index is 4.20. The van der Waals surface area contributed by atoms with E-state index in [0.29, 0.717) is 0 Å². The molecule has 2 rings (SSSR count). The second-order valence-electron chi connectivity index (χ2n) is 5.70. The van der Waals surface area contributed by atoms with Gasteiger partial charge in [-0.3, -0.25) is 4.68 Å². The molecule has 2 heterocycles. The molecule has 0 saturated carbocycles. The molecule has 0 radical (unpaired) electrons. The van der Waals surface area contributed by atoms with Crippen molar-refractivity contribution in [3.63, 3.8) is 0 Å². The highest BCUT2D eigenvalue weighted by atomic mass is 15.4. The predicted octanol–water partition coefficient (Wildman–Crippen LogP) is 1.51. The molecule has 1 fully saturated rings. The van der Waals surface area contributed by atoms with Crippen molar-refractivity contribution in [3.05, 3.63) is 11.9 Å². The third-order valence-corrected chi connectivity index (χ3v) is 3.71. The van der Waals surface area contributed by atoms with E-state index >= 15 is 0 Å². The normalized spacial score (nSPS) is 20.8. The molecule has 1 N–H and O–H groups in total. The van der Waals surface area contributed by atoms with Crippen molar-refractivity contribution in [2.75, 3.05) is 26.2 Å². The summed E-state index contributed by atoms with van der Waals surface area (Å²) < 4.78 is 1.97. The summed E-state index contributed by atoms with van der Waals surface area (Å²) in [6.07, 6.45) is 5.94. The molecule has 1 aromatic rings. The fourth-order valence-electron chi connectivity index (χ4n) is 2.66. The van der Waals surface area contributed by atoms with Crippen molar-refractivity contribution < 1.29 is 0 Å². The molecule has 0 amide bonds. The first-order valence-corrected chi connectivity index (χ1v) is 7.60. The molecule has 0 bridgehead atoms. The molecule has 1 aliphatic rings. The van der Waals surface area contributed by atoms with E-state index in [0.717, 1.165) is 44.2 Å². The quantitative estimate of drug-likeness (QED) is 0.759. The van der Waals surface area contributed by atoms with Gasteiger partial charge in [0, 0.05) is 25.8 Å². The number of rotatable bonds is 7. The summed E-state index contributed by atoms with van der Waals surface area (Å²) in [4.78, 5) is 2.55. The average Bonchev–Trinajstić information content (AvgIpc) is 2.85. The third-order valence-electron chi connectivity index (χ3n) is 3.71. The van der Waals surface area contributed by atoms with Gasteiger partial charge in [-0.05, 0) is 38.3 Å². The zero-order chi connectivity index (χ0) is 13.5. The van der Waals surface area contributed by atoms with Crippen LogP contribution in [0.1, 0.15) is 38.8 Å². The van der Waals surface area contributed by atoms with E-state index in [9.17, 15) is 0 Å². The van der Waals surface area contributed by atoms with Crippen molar-refractivity contribution in [1.29, 1.82) is 0 Å². The Balaban J connectivity index is 1.70. The number of likely N-dealkylation sites (tertiary alicyclic amines) is 1. The van der Waals surface area contributed by atoms with Gasteiger partial charge in [0.1, 0.15) is 0 Å². The highest BCUT2D eigenvalue weighted by molar-refractivity contribution is 4.91. The average molecular weight is 265 g/mol. The lowest BCUT2D eigenvalue weighted by molar-refractivity contribution is 0.176. The molecule has 1 atom stereocenters. The third kappa shape index (κ3) is 4.91. The van der Waals surface area contributed by atoms with Crippen molar-refractivity contribution in [1.82, 2.24) is 25.2 Å². The number of nitrogens with zero attached hydrogens (tertiary/aromatic N) is 4. The van der Waals surface area contributed by atoms with Gasteiger partial charge in [-0.25, -0.2) is 0 Å². The summed E-state index contributed by atoms with van der Waals surface area (Å²) in [6.45, 7) is 10.9. The Morgan fingerprint density at radius 2 is 2.32 bits per heavy atom. The van der Waals surface area contributed by atoms with Crippen LogP contribution in [0.25, 0.3) is 0 Å². The van der Waals surface area contributed by atoms with Crippen molar-refractivity contribution >= 4 is 0 Å². The highest BCUT2D eigenvalue weighted by Gasteiger charge is 2.15. The number of nitrogens with one attached hydrogen (secondary N) is 1. The Labute approximate surface area is 116 Å². The van der Waals surface area contributed by atoms with Gasteiger partial charge in [-0.1, -0.05) is 19.1 Å². The van der Waals surface area contributed by atoms with Crippen LogP contribution < -0.4 is 5.32 Å². The van der Waals surface area contributed by atoms with Crippen LogP contribution in [0.2, 0.25) is 0 Å². The molecule has 108 valence electrons. The van der Waals surface area contributed by atoms with Gasteiger partial charge in [0.15, 0.2) is 0 Å². The molecule has 0 aliphatic carbocycles. The van der Waals surface area contributed by atoms with Gasteiger partial charge in [0.2, 0.25) is 0 Å². The van der Waals surface area contributed by atoms with Crippen LogP contribution in [0.3, 0.4) is 0 Å². The summed E-state index contributed by atoms with van der Waals surface area (Å²) in [5.41, 5.74) is 1.04. The van der Waals surface area contributed by atoms with Gasteiger partial charge in [0.05, 0.1) is 12.2 Å². The molecule has 1 aromatic heterocycles. The first kappa shape index (κ1) is 14.5. The zero-order valence-corrected chi connectivity index (χ0v) is 12.3. The maximum Gasteiger partial charge on any atom is 0.0964 e. The van der Waals surface area contributed by atoms with Crippen molar-refractivity contribution in [2.24, 2.45) is 5.92 Å². The summed E-state index contributed by atoms with van der Waals surface area (Å²) in [5.74, 6) is 0.846. The molecular formula is C14H27N5. The highest BCUT2D eigenvalue weighted by Crippen LogP contribution is 2.14. The van der Waals surface area contributed by atoms with Crippen LogP contribution in [0.5, 0.6) is 0 Å². The van der Waals surface area contributed by atoms with E-state index in [1.54, 1.807) is 0 Å². The zero-order valence-electron chi connectivity index (χ0n) is 12.3. The lowest BCUT2D eigenvalue weighted by atomic mass is 10.0. The molecule has 19 heavy (non-hydrogen) atoms. The Morgan fingerprint density at radius 1 is 1.42 bits per heavy atom. The van der Waals surface area contributed by atoms with Crippen LogP contribution >= 0.6 is 0 Å². The first-order valence-electron chi connectivity index (χ1n) is 7.60. The van der Waals surface area contributed by atoms with Gasteiger partial charge < -0.3 is 10.2 Å². The van der Waals surface area contributed by atoms with Crippen LogP contribution in [0.15, 0.2) is 6.20 Å². The molecule has 1 saturated heterocycles. The van der Waals surface area contributed by atoms with E-state index in [1.165, 1.54) is 25.9 Å². The van der Waals surface area contributed by atoms with Gasteiger partial charge in [-0.2, -0.15) is 0 Å². The van der Waals surface area contributed by atoms with Gasteiger partial charge in [0.25, 0.3) is 0 Å². The molecule has 5 nitrogen and oxygen atoms in total. The van der Waals surface area contributed by atoms with Crippen LogP contribution in [-0.2, 0) is 13.1 Å². The van der Waals surface area contributed by atoms with Crippen LogP contribution in [0.4, 0.5) is 0 Å². The van der Waals surface area contributed by atoms with Crippen LogP contribution in [-0.4, -0.2) is 46.1 Å². The molecule has 5 heteroatoms. The van der Waals surface area contributed by atoms with E-state index in [2.05, 4.69) is 40.6 Å². The smallest absolute Gasteiger partial charge is 0.0964 e. The lowest BCUT2D eigenvalue weighted by Gasteiger charge is -2.30. The monoisotopic (exact) mass is 265 g/mol. The second-order valence-corrected chi connectivity index (χ2v) is 5.70. The SMILES string of the molecule is CCCNCc1cn(CCN2CCCC(C)C2)nn1. The molecule has 0 aromatic carbocycles. The Kier molecular flexibility index (Phi) is 5.79. The number of piperidine rings is 1. The fourth-order valence-corrected chi connectivity index (χ4v) is 2.66. The lowest BCUT2D eigenvalue weighted by Crippen LogP contribution is -2.36.